The number of nitrogens with one attached hydrogen (secondary N) is 1. The van der Waals surface area contributed by atoms with Crippen molar-refractivity contribution in [3.63, 3.8) is 0 Å². The van der Waals surface area contributed by atoms with Gasteiger partial charge in [0.15, 0.2) is 5.65 Å². The number of nitrogen functional groups attached to an aromatic ring is 1. The van der Waals surface area contributed by atoms with Crippen LogP contribution in [-0.4, -0.2) is 49.7 Å². The third-order valence-electron chi connectivity index (χ3n) is 8.02. The number of hydrogen-bond donors (Lipinski definition) is 2. The number of nitrogens with zero attached hydrogens (tertiary/aromatic N) is 5. The van der Waals surface area contributed by atoms with Crippen molar-refractivity contribution >= 4 is 40.0 Å². The summed E-state index contributed by atoms with van der Waals surface area (Å²) in [6.07, 6.45) is 6.89. The number of fused-ring (bicyclic) bond motifs is 13. The molecule has 1 saturated carbocycles. The van der Waals surface area contributed by atoms with Crippen LogP contribution in [0, 0.1) is 17.8 Å². The van der Waals surface area contributed by atoms with E-state index >= 15 is 0 Å². The number of aromatic nitrogens is 4. The highest BCUT2D eigenvalue weighted by Gasteiger charge is 2.40. The van der Waals surface area contributed by atoms with Crippen molar-refractivity contribution < 1.29 is 13.6 Å². The lowest BCUT2D eigenvalue weighted by Gasteiger charge is -2.26. The molecule has 8 nitrogen and oxygen atoms in total. The molecule has 4 atom stereocenters. The van der Waals surface area contributed by atoms with Gasteiger partial charge in [-0.1, -0.05) is 24.1 Å². The first-order valence-corrected chi connectivity index (χ1v) is 13.0. The van der Waals surface area contributed by atoms with Crippen molar-refractivity contribution in [1.29, 1.82) is 0 Å². The summed E-state index contributed by atoms with van der Waals surface area (Å²) in [5.41, 5.74) is 8.80. The molecule has 1 aromatic carbocycles. The van der Waals surface area contributed by atoms with Crippen molar-refractivity contribution in [1.82, 2.24) is 24.6 Å². The molecular formula is C27H26ClF2N7O. The summed E-state index contributed by atoms with van der Waals surface area (Å²) >= 11 is 6.51. The van der Waals surface area contributed by atoms with Gasteiger partial charge in [0.1, 0.15) is 17.8 Å². The Morgan fingerprint density at radius 3 is 2.84 bits per heavy atom. The number of hydrogen-bond acceptors (Lipinski definition) is 6. The molecule has 4 heterocycles. The van der Waals surface area contributed by atoms with E-state index in [4.69, 9.17) is 22.4 Å². The van der Waals surface area contributed by atoms with E-state index in [-0.39, 0.29) is 34.7 Å². The zero-order chi connectivity index (χ0) is 26.6. The van der Waals surface area contributed by atoms with Gasteiger partial charge in [0.25, 0.3) is 0 Å². The van der Waals surface area contributed by atoms with Gasteiger partial charge >= 0.3 is 6.55 Å². The molecule has 1 amide bonds. The quantitative estimate of drug-likeness (QED) is 0.285. The molecule has 2 aromatic heterocycles. The van der Waals surface area contributed by atoms with Crippen molar-refractivity contribution in [2.75, 3.05) is 17.6 Å². The monoisotopic (exact) mass is 537 g/mol. The molecule has 0 radical (unpaired) electrons. The van der Waals surface area contributed by atoms with Crippen molar-refractivity contribution in [2.24, 2.45) is 5.92 Å². The van der Waals surface area contributed by atoms with Crippen LogP contribution in [0.5, 0.6) is 0 Å². The number of halogens is 3. The molecule has 38 heavy (non-hydrogen) atoms. The normalized spacial score (nSPS) is 24.1. The Labute approximate surface area is 223 Å². The van der Waals surface area contributed by atoms with Gasteiger partial charge in [0, 0.05) is 23.8 Å². The summed E-state index contributed by atoms with van der Waals surface area (Å²) in [6, 6.07) is 3.21. The fraction of sp³-hybridized carbons (Fsp3) is 0.407. The number of anilines is 2. The van der Waals surface area contributed by atoms with Crippen LogP contribution in [0.4, 0.5) is 20.3 Å². The number of benzene rings is 1. The molecule has 8 bridgehead atoms. The molecular weight excluding hydrogens is 512 g/mol. The first-order chi connectivity index (χ1) is 18.3. The van der Waals surface area contributed by atoms with Crippen molar-refractivity contribution in [3.05, 3.63) is 53.0 Å². The molecule has 3 N–H and O–H groups in total. The Bertz CT molecular complexity index is 1510. The van der Waals surface area contributed by atoms with Crippen molar-refractivity contribution in [3.8, 4) is 11.8 Å². The second kappa shape index (κ2) is 9.55. The van der Waals surface area contributed by atoms with E-state index in [0.717, 1.165) is 31.2 Å². The number of amides is 1. The first kappa shape index (κ1) is 24.6. The van der Waals surface area contributed by atoms with E-state index in [1.165, 1.54) is 18.5 Å². The van der Waals surface area contributed by atoms with E-state index in [2.05, 4.69) is 33.7 Å². The largest absolute Gasteiger partial charge is 0.383 e. The topological polar surface area (TPSA) is 102 Å². The first-order valence-electron chi connectivity index (χ1n) is 12.6. The lowest BCUT2D eigenvalue weighted by atomic mass is 9.90. The van der Waals surface area contributed by atoms with Crippen molar-refractivity contribution in [2.45, 2.75) is 56.7 Å². The van der Waals surface area contributed by atoms with Gasteiger partial charge in [-0.05, 0) is 73.6 Å². The highest BCUT2D eigenvalue weighted by Crippen LogP contribution is 2.46. The van der Waals surface area contributed by atoms with Crippen LogP contribution in [0.25, 0.3) is 11.0 Å². The Kier molecular flexibility index (Phi) is 6.19. The number of alkyl halides is 2. The van der Waals surface area contributed by atoms with E-state index in [9.17, 15) is 13.6 Å². The van der Waals surface area contributed by atoms with Crippen LogP contribution in [0.1, 0.15) is 60.9 Å². The van der Waals surface area contributed by atoms with Crippen LogP contribution < -0.4 is 11.1 Å². The number of carbonyl (C=O) groups is 1. The molecule has 1 aliphatic carbocycles. The standard InChI is InChI=1S/C27H26ClF2N7O/c1-2-23(38)36-12-18-10-17(36)8-14-3-4-15(7-14)19-9-16(20(28)11-22(19)34-27(29)30)5-6-21-24-25(31)32-13-33-26(24)37(18)35-21/h2,9,11,13-15,17-18,27,34H,1,3-4,7-8,10,12H2,(H2,31,32,33)/t14?,15?,17-,18-/m0/s1. The van der Waals surface area contributed by atoms with Crippen LogP contribution in [-0.2, 0) is 4.79 Å². The van der Waals surface area contributed by atoms with Crippen LogP contribution >= 0.6 is 11.6 Å². The average molecular weight is 538 g/mol. The Hall–Kier alpha value is -3.71. The summed E-state index contributed by atoms with van der Waals surface area (Å²) in [7, 11) is 0. The maximum Gasteiger partial charge on any atom is 0.312 e. The summed E-state index contributed by atoms with van der Waals surface area (Å²) in [5, 5.41) is 7.84. The van der Waals surface area contributed by atoms with Gasteiger partial charge in [-0.25, -0.2) is 14.6 Å². The van der Waals surface area contributed by atoms with Gasteiger partial charge in [-0.2, -0.15) is 13.9 Å². The Morgan fingerprint density at radius 1 is 1.21 bits per heavy atom. The summed E-state index contributed by atoms with van der Waals surface area (Å²) in [5.74, 6) is 6.72. The molecule has 3 aromatic rings. The Morgan fingerprint density at radius 2 is 2.05 bits per heavy atom. The van der Waals surface area contributed by atoms with E-state index < -0.39 is 6.55 Å². The third kappa shape index (κ3) is 4.25. The Balaban J connectivity index is 1.54. The van der Waals surface area contributed by atoms with Gasteiger partial charge < -0.3 is 16.0 Å². The molecule has 6 rings (SSSR count). The van der Waals surface area contributed by atoms with Gasteiger partial charge in [-0.15, -0.1) is 0 Å². The zero-order valence-electron chi connectivity index (χ0n) is 20.5. The smallest absolute Gasteiger partial charge is 0.312 e. The number of rotatable bonds is 3. The van der Waals surface area contributed by atoms with E-state index in [1.54, 1.807) is 4.68 Å². The van der Waals surface area contributed by atoms with Gasteiger partial charge in [0.2, 0.25) is 5.91 Å². The molecule has 2 fully saturated rings. The van der Waals surface area contributed by atoms with Crippen LogP contribution in [0.15, 0.2) is 31.1 Å². The predicted molar refractivity (Wildman–Crippen MR) is 141 cm³/mol. The number of nitrogens with two attached hydrogens (primary N) is 1. The minimum atomic E-state index is -2.72. The van der Waals surface area contributed by atoms with E-state index in [0.29, 0.717) is 46.9 Å². The minimum Gasteiger partial charge on any atom is -0.383 e. The minimum absolute atomic E-state index is 0.00761. The highest BCUT2D eigenvalue weighted by atomic mass is 35.5. The number of likely N-dealkylation sites (tertiary alicyclic amines) is 1. The maximum absolute atomic E-state index is 13.4. The lowest BCUT2D eigenvalue weighted by molar-refractivity contribution is -0.127. The summed E-state index contributed by atoms with van der Waals surface area (Å²) < 4.78 is 28.6. The van der Waals surface area contributed by atoms with Gasteiger partial charge in [0.05, 0.1) is 16.5 Å². The molecule has 0 spiro atoms. The second-order valence-electron chi connectivity index (χ2n) is 10.2. The summed E-state index contributed by atoms with van der Waals surface area (Å²) in [4.78, 5) is 23.3. The third-order valence-corrected chi connectivity index (χ3v) is 8.33. The molecule has 1 saturated heterocycles. The second-order valence-corrected chi connectivity index (χ2v) is 10.6. The molecule has 3 aliphatic rings. The zero-order valence-corrected chi connectivity index (χ0v) is 21.3. The number of carbonyl (C=O) groups excluding carboxylic acids is 1. The van der Waals surface area contributed by atoms with Crippen LogP contribution in [0.2, 0.25) is 5.02 Å². The molecule has 196 valence electrons. The van der Waals surface area contributed by atoms with Crippen LogP contribution in [0.3, 0.4) is 0 Å². The highest BCUT2D eigenvalue weighted by molar-refractivity contribution is 6.32. The molecule has 2 aliphatic heterocycles. The molecule has 2 unspecified atom stereocenters. The average Bonchev–Trinajstić information content (AvgIpc) is 3.60. The molecule has 11 heteroatoms. The fourth-order valence-corrected chi connectivity index (χ4v) is 6.58. The fourth-order valence-electron chi connectivity index (χ4n) is 6.37. The predicted octanol–water partition coefficient (Wildman–Crippen LogP) is 4.71. The SMILES string of the molecule is C=CC(=O)N1C[C@@H]2C[C@@H]1CC1CCC(C1)c1cc(c(Cl)cc1NC(F)F)C#Cc1nn2c2ncnc(N)c12. The van der Waals surface area contributed by atoms with Gasteiger partial charge in [-0.3, -0.25) is 4.79 Å². The van der Waals surface area contributed by atoms with E-state index in [1.807, 2.05) is 11.0 Å². The summed E-state index contributed by atoms with van der Waals surface area (Å²) in [6.45, 7) is 1.44. The lowest BCUT2D eigenvalue weighted by Crippen LogP contribution is -2.35. The maximum atomic E-state index is 13.4.